The number of thioether (sulfide) groups is 1. The van der Waals surface area contributed by atoms with Gasteiger partial charge in [-0.2, -0.15) is 0 Å². The molecule has 104 valence electrons. The van der Waals surface area contributed by atoms with Gasteiger partial charge in [-0.1, -0.05) is 13.3 Å². The Labute approximate surface area is 114 Å². The summed E-state index contributed by atoms with van der Waals surface area (Å²) < 4.78 is 0. The lowest BCUT2D eigenvalue weighted by Gasteiger charge is -2.28. The Hall–Kier alpha value is -0.220. The minimum Gasteiger partial charge on any atom is -0.395 e. The highest BCUT2D eigenvalue weighted by molar-refractivity contribution is 8.00. The Bertz CT molecular complexity index is 298. The molecule has 18 heavy (non-hydrogen) atoms. The maximum Gasteiger partial charge on any atom is 0.230 e. The molecule has 0 aliphatic heterocycles. The van der Waals surface area contributed by atoms with Crippen LogP contribution < -0.4 is 5.32 Å². The SMILES string of the molecule is CC(CO)SCC(=O)NC(C)C1CC2CCC1C2. The van der Waals surface area contributed by atoms with E-state index in [2.05, 4.69) is 12.2 Å². The van der Waals surface area contributed by atoms with Gasteiger partial charge in [0.1, 0.15) is 0 Å². The van der Waals surface area contributed by atoms with E-state index in [0.29, 0.717) is 17.7 Å². The Morgan fingerprint density at radius 2 is 2.17 bits per heavy atom. The van der Waals surface area contributed by atoms with Crippen molar-refractivity contribution in [1.29, 1.82) is 0 Å². The topological polar surface area (TPSA) is 49.3 Å². The third-order valence-corrected chi connectivity index (χ3v) is 5.73. The highest BCUT2D eigenvalue weighted by Crippen LogP contribution is 2.49. The molecule has 0 spiro atoms. The molecule has 2 rings (SSSR count). The quantitative estimate of drug-likeness (QED) is 0.777. The number of rotatable bonds is 6. The normalized spacial score (nSPS) is 33.4. The molecule has 0 aromatic rings. The van der Waals surface area contributed by atoms with Gasteiger partial charge in [-0.05, 0) is 43.9 Å². The fourth-order valence-corrected chi connectivity index (χ4v) is 4.20. The average Bonchev–Trinajstić information content (AvgIpc) is 2.97. The van der Waals surface area contributed by atoms with E-state index >= 15 is 0 Å². The number of aliphatic hydroxyl groups excluding tert-OH is 1. The maximum atomic E-state index is 11.8. The minimum absolute atomic E-state index is 0.121. The largest absolute Gasteiger partial charge is 0.395 e. The van der Waals surface area contributed by atoms with Crippen molar-refractivity contribution in [3.8, 4) is 0 Å². The Balaban J connectivity index is 1.70. The molecule has 1 amide bonds. The fourth-order valence-electron chi connectivity index (χ4n) is 3.58. The summed E-state index contributed by atoms with van der Waals surface area (Å²) in [5.74, 6) is 3.08. The number of aliphatic hydroxyl groups is 1. The van der Waals surface area contributed by atoms with E-state index in [1.54, 1.807) is 0 Å². The second kappa shape index (κ2) is 6.29. The zero-order chi connectivity index (χ0) is 13.1. The summed E-state index contributed by atoms with van der Waals surface area (Å²) >= 11 is 1.52. The van der Waals surface area contributed by atoms with Crippen LogP contribution >= 0.6 is 11.8 Å². The molecule has 5 atom stereocenters. The van der Waals surface area contributed by atoms with Crippen LogP contribution in [0, 0.1) is 17.8 Å². The van der Waals surface area contributed by atoms with Gasteiger partial charge in [0.15, 0.2) is 0 Å². The van der Waals surface area contributed by atoms with Crippen molar-refractivity contribution in [1.82, 2.24) is 5.32 Å². The summed E-state index contributed by atoms with van der Waals surface area (Å²) in [6, 6.07) is 0.317. The summed E-state index contributed by atoms with van der Waals surface area (Å²) in [4.78, 5) is 11.8. The van der Waals surface area contributed by atoms with Crippen LogP contribution in [0.3, 0.4) is 0 Å². The van der Waals surface area contributed by atoms with Gasteiger partial charge in [0.25, 0.3) is 0 Å². The molecular formula is C14H25NO2S. The Kier molecular flexibility index (Phi) is 4.96. The molecule has 0 aromatic carbocycles. The Morgan fingerprint density at radius 3 is 2.72 bits per heavy atom. The minimum atomic E-state index is 0.121. The van der Waals surface area contributed by atoms with Crippen LogP contribution in [0.2, 0.25) is 0 Å². The van der Waals surface area contributed by atoms with Crippen molar-refractivity contribution in [2.24, 2.45) is 17.8 Å². The average molecular weight is 271 g/mol. The van der Waals surface area contributed by atoms with Crippen LogP contribution in [0.15, 0.2) is 0 Å². The van der Waals surface area contributed by atoms with Crippen LogP contribution in [0.25, 0.3) is 0 Å². The van der Waals surface area contributed by atoms with E-state index in [0.717, 1.165) is 11.8 Å². The number of fused-ring (bicyclic) bond motifs is 2. The standard InChI is InChI=1S/C14H25NO2S/c1-9(7-16)18-8-14(17)15-10(2)13-6-11-3-4-12(13)5-11/h9-13,16H,3-8H2,1-2H3,(H,15,17). The van der Waals surface area contributed by atoms with Crippen molar-refractivity contribution in [3.05, 3.63) is 0 Å². The zero-order valence-electron chi connectivity index (χ0n) is 11.4. The monoisotopic (exact) mass is 271 g/mol. The first kappa shape index (κ1) is 14.2. The van der Waals surface area contributed by atoms with Gasteiger partial charge in [-0.3, -0.25) is 4.79 Å². The summed E-state index contributed by atoms with van der Waals surface area (Å²) in [6.07, 6.45) is 5.48. The first-order valence-electron chi connectivity index (χ1n) is 7.12. The van der Waals surface area contributed by atoms with Crippen LogP contribution in [0.4, 0.5) is 0 Å². The molecule has 2 aliphatic rings. The summed E-state index contributed by atoms with van der Waals surface area (Å²) in [6.45, 7) is 4.24. The second-order valence-corrected chi connectivity index (χ2v) is 7.43. The predicted octanol–water partition coefficient (Wildman–Crippen LogP) is 2.04. The van der Waals surface area contributed by atoms with Crippen molar-refractivity contribution in [3.63, 3.8) is 0 Å². The number of amides is 1. The van der Waals surface area contributed by atoms with Crippen molar-refractivity contribution < 1.29 is 9.90 Å². The molecule has 0 saturated heterocycles. The summed E-state index contributed by atoms with van der Waals surface area (Å²) in [5.41, 5.74) is 0. The molecule has 2 N–H and O–H groups in total. The van der Waals surface area contributed by atoms with Crippen molar-refractivity contribution >= 4 is 17.7 Å². The molecule has 0 aromatic heterocycles. The highest BCUT2D eigenvalue weighted by atomic mass is 32.2. The highest BCUT2D eigenvalue weighted by Gasteiger charge is 2.42. The van der Waals surface area contributed by atoms with Crippen LogP contribution in [0.1, 0.15) is 39.5 Å². The van der Waals surface area contributed by atoms with E-state index in [1.165, 1.54) is 37.4 Å². The van der Waals surface area contributed by atoms with Crippen LogP contribution in [-0.4, -0.2) is 34.7 Å². The van der Waals surface area contributed by atoms with Gasteiger partial charge in [0.2, 0.25) is 5.91 Å². The lowest BCUT2D eigenvalue weighted by atomic mass is 9.84. The van der Waals surface area contributed by atoms with E-state index in [1.807, 2.05) is 6.92 Å². The third-order valence-electron chi connectivity index (χ3n) is 4.58. The summed E-state index contributed by atoms with van der Waals surface area (Å²) in [5, 5.41) is 12.2. The smallest absolute Gasteiger partial charge is 0.230 e. The first-order chi connectivity index (χ1) is 8.60. The van der Waals surface area contributed by atoms with Crippen LogP contribution in [0.5, 0.6) is 0 Å². The molecule has 2 fully saturated rings. The molecule has 0 heterocycles. The van der Waals surface area contributed by atoms with Gasteiger partial charge in [-0.25, -0.2) is 0 Å². The lowest BCUT2D eigenvalue weighted by Crippen LogP contribution is -2.41. The van der Waals surface area contributed by atoms with Gasteiger partial charge in [-0.15, -0.1) is 11.8 Å². The number of nitrogens with one attached hydrogen (secondary N) is 1. The molecule has 2 bridgehead atoms. The van der Waals surface area contributed by atoms with Gasteiger partial charge < -0.3 is 10.4 Å². The second-order valence-electron chi connectivity index (χ2n) is 6.00. The molecule has 2 aliphatic carbocycles. The first-order valence-corrected chi connectivity index (χ1v) is 8.16. The van der Waals surface area contributed by atoms with E-state index in [4.69, 9.17) is 5.11 Å². The summed E-state index contributed by atoms with van der Waals surface area (Å²) in [7, 11) is 0. The van der Waals surface area contributed by atoms with E-state index < -0.39 is 0 Å². The molecule has 0 radical (unpaired) electrons. The molecule has 5 unspecified atom stereocenters. The van der Waals surface area contributed by atoms with Gasteiger partial charge >= 0.3 is 0 Å². The van der Waals surface area contributed by atoms with Gasteiger partial charge in [0.05, 0.1) is 12.4 Å². The maximum absolute atomic E-state index is 11.8. The molecular weight excluding hydrogens is 246 g/mol. The van der Waals surface area contributed by atoms with Gasteiger partial charge in [0, 0.05) is 11.3 Å². The zero-order valence-corrected chi connectivity index (χ0v) is 12.2. The number of carbonyl (C=O) groups is 1. The Morgan fingerprint density at radius 1 is 1.39 bits per heavy atom. The number of hydrogen-bond acceptors (Lipinski definition) is 3. The van der Waals surface area contributed by atoms with Crippen LogP contribution in [-0.2, 0) is 4.79 Å². The van der Waals surface area contributed by atoms with E-state index in [-0.39, 0.29) is 17.8 Å². The number of hydrogen-bond donors (Lipinski definition) is 2. The lowest BCUT2D eigenvalue weighted by molar-refractivity contribution is -0.119. The van der Waals surface area contributed by atoms with Crippen molar-refractivity contribution in [2.75, 3.05) is 12.4 Å². The predicted molar refractivity (Wildman–Crippen MR) is 75.5 cm³/mol. The van der Waals surface area contributed by atoms with Crippen molar-refractivity contribution in [2.45, 2.75) is 50.8 Å². The third kappa shape index (κ3) is 3.41. The fraction of sp³-hybridized carbons (Fsp3) is 0.929. The van der Waals surface area contributed by atoms with E-state index in [9.17, 15) is 4.79 Å². The molecule has 4 heteroatoms. The number of carbonyl (C=O) groups excluding carboxylic acids is 1. The molecule has 3 nitrogen and oxygen atoms in total. The molecule has 2 saturated carbocycles.